The van der Waals surface area contributed by atoms with Crippen molar-refractivity contribution < 1.29 is 14.3 Å². The number of hydrogen-bond donors (Lipinski definition) is 0. The quantitative estimate of drug-likeness (QED) is 0.838. The van der Waals surface area contributed by atoms with Crippen LogP contribution < -0.4 is 9.47 Å². The van der Waals surface area contributed by atoms with E-state index in [0.29, 0.717) is 6.42 Å². The summed E-state index contributed by atoms with van der Waals surface area (Å²) in [6.07, 6.45) is 4.07. The van der Waals surface area contributed by atoms with E-state index in [1.807, 2.05) is 42.2 Å². The molecule has 0 bridgehead atoms. The molecule has 0 radical (unpaired) electrons. The molecule has 1 fully saturated rings. The van der Waals surface area contributed by atoms with E-state index < -0.39 is 0 Å². The molecule has 0 saturated carbocycles. The maximum absolute atomic E-state index is 12.9. The molecule has 0 spiro atoms. The minimum atomic E-state index is 0.0240. The van der Waals surface area contributed by atoms with Gasteiger partial charge in [0.15, 0.2) is 0 Å². The Balaban J connectivity index is 1.82. The molecular formula is C20H24N2O3. The van der Waals surface area contributed by atoms with E-state index in [1.54, 1.807) is 20.4 Å². The molecule has 2 heterocycles. The van der Waals surface area contributed by atoms with Crippen molar-refractivity contribution >= 4 is 5.91 Å². The van der Waals surface area contributed by atoms with Crippen molar-refractivity contribution in [2.24, 2.45) is 0 Å². The highest BCUT2D eigenvalue weighted by Gasteiger charge is 2.32. The first-order valence-electron chi connectivity index (χ1n) is 8.55. The first-order chi connectivity index (χ1) is 12.1. The number of ether oxygens (including phenoxy) is 2. The number of likely N-dealkylation sites (tertiary alicyclic amines) is 1. The van der Waals surface area contributed by atoms with E-state index in [0.717, 1.165) is 47.7 Å². The van der Waals surface area contributed by atoms with Crippen molar-refractivity contribution in [2.75, 3.05) is 20.8 Å². The summed E-state index contributed by atoms with van der Waals surface area (Å²) in [6, 6.07) is 9.69. The number of methoxy groups -OCH3 is 2. The third-order valence-electron chi connectivity index (χ3n) is 4.70. The number of rotatable bonds is 5. The van der Waals surface area contributed by atoms with Gasteiger partial charge in [-0.15, -0.1) is 0 Å². The Kier molecular flexibility index (Phi) is 5.22. The molecule has 1 aliphatic rings. The van der Waals surface area contributed by atoms with Crippen LogP contribution in [-0.4, -0.2) is 36.6 Å². The van der Waals surface area contributed by atoms with Gasteiger partial charge in [-0.1, -0.05) is 6.07 Å². The molecule has 1 aromatic heterocycles. The van der Waals surface area contributed by atoms with Crippen LogP contribution in [0.4, 0.5) is 0 Å². The monoisotopic (exact) mass is 340 g/mol. The van der Waals surface area contributed by atoms with Gasteiger partial charge in [-0.2, -0.15) is 0 Å². The second-order valence-electron chi connectivity index (χ2n) is 6.34. The van der Waals surface area contributed by atoms with Crippen LogP contribution in [-0.2, 0) is 11.2 Å². The smallest absolute Gasteiger partial charge is 0.227 e. The van der Waals surface area contributed by atoms with Crippen molar-refractivity contribution in [3.05, 3.63) is 53.3 Å². The summed E-state index contributed by atoms with van der Waals surface area (Å²) >= 11 is 0. The maximum Gasteiger partial charge on any atom is 0.227 e. The number of benzene rings is 1. The number of carbonyl (C=O) groups is 1. The first-order valence-corrected chi connectivity index (χ1v) is 8.55. The van der Waals surface area contributed by atoms with Crippen LogP contribution >= 0.6 is 0 Å². The summed E-state index contributed by atoms with van der Waals surface area (Å²) in [5.41, 5.74) is 2.91. The number of aryl methyl sites for hydroxylation is 1. The molecule has 25 heavy (non-hydrogen) atoms. The normalized spacial score (nSPS) is 16.8. The van der Waals surface area contributed by atoms with E-state index in [2.05, 4.69) is 4.98 Å². The van der Waals surface area contributed by atoms with Gasteiger partial charge >= 0.3 is 0 Å². The molecule has 1 saturated heterocycles. The highest BCUT2D eigenvalue weighted by Crippen LogP contribution is 2.39. The van der Waals surface area contributed by atoms with Crippen molar-refractivity contribution in [2.45, 2.75) is 32.2 Å². The van der Waals surface area contributed by atoms with E-state index in [1.165, 1.54) is 0 Å². The summed E-state index contributed by atoms with van der Waals surface area (Å²) in [7, 11) is 3.30. The molecule has 1 aromatic carbocycles. The number of pyridine rings is 1. The van der Waals surface area contributed by atoms with Crippen LogP contribution in [0.25, 0.3) is 0 Å². The molecule has 5 nitrogen and oxygen atoms in total. The molecule has 3 rings (SSSR count). The molecule has 2 aromatic rings. The largest absolute Gasteiger partial charge is 0.497 e. The summed E-state index contributed by atoms with van der Waals surface area (Å²) < 4.78 is 10.9. The summed E-state index contributed by atoms with van der Waals surface area (Å²) in [5.74, 6) is 1.69. The van der Waals surface area contributed by atoms with Crippen LogP contribution in [0.1, 0.15) is 35.7 Å². The molecule has 1 aliphatic heterocycles. The van der Waals surface area contributed by atoms with Gasteiger partial charge in [0.1, 0.15) is 11.5 Å². The Bertz CT molecular complexity index is 743. The molecule has 5 heteroatoms. The summed E-state index contributed by atoms with van der Waals surface area (Å²) in [5, 5.41) is 0. The van der Waals surface area contributed by atoms with E-state index in [4.69, 9.17) is 9.47 Å². The fourth-order valence-corrected chi connectivity index (χ4v) is 3.37. The Morgan fingerprint density at radius 1 is 1.24 bits per heavy atom. The van der Waals surface area contributed by atoms with Crippen molar-refractivity contribution in [1.29, 1.82) is 0 Å². The van der Waals surface area contributed by atoms with Gasteiger partial charge in [0, 0.05) is 24.0 Å². The average Bonchev–Trinajstić information content (AvgIpc) is 3.12. The first kappa shape index (κ1) is 17.3. The van der Waals surface area contributed by atoms with Crippen LogP contribution in [0.15, 0.2) is 36.5 Å². The minimum absolute atomic E-state index is 0.0240. The van der Waals surface area contributed by atoms with Gasteiger partial charge in [0.2, 0.25) is 5.91 Å². The third-order valence-corrected chi connectivity index (χ3v) is 4.70. The Labute approximate surface area is 148 Å². The van der Waals surface area contributed by atoms with E-state index >= 15 is 0 Å². The van der Waals surface area contributed by atoms with Crippen LogP contribution in [0.3, 0.4) is 0 Å². The Hall–Kier alpha value is -2.56. The summed E-state index contributed by atoms with van der Waals surface area (Å²) in [4.78, 5) is 19.1. The van der Waals surface area contributed by atoms with Crippen LogP contribution in [0, 0.1) is 6.92 Å². The fourth-order valence-electron chi connectivity index (χ4n) is 3.37. The lowest BCUT2D eigenvalue weighted by molar-refractivity contribution is -0.131. The van der Waals surface area contributed by atoms with Gasteiger partial charge in [-0.25, -0.2) is 0 Å². The van der Waals surface area contributed by atoms with Crippen molar-refractivity contribution in [1.82, 2.24) is 9.88 Å². The highest BCUT2D eigenvalue weighted by molar-refractivity contribution is 5.79. The second kappa shape index (κ2) is 7.55. The molecule has 0 N–H and O–H groups in total. The number of amides is 1. The highest BCUT2D eigenvalue weighted by atomic mass is 16.5. The van der Waals surface area contributed by atoms with Crippen LogP contribution in [0.5, 0.6) is 11.5 Å². The van der Waals surface area contributed by atoms with Gasteiger partial charge < -0.3 is 14.4 Å². The van der Waals surface area contributed by atoms with Gasteiger partial charge in [-0.3, -0.25) is 9.78 Å². The lowest BCUT2D eigenvalue weighted by atomic mass is 10.0. The Morgan fingerprint density at radius 3 is 2.76 bits per heavy atom. The van der Waals surface area contributed by atoms with E-state index in [9.17, 15) is 4.79 Å². The van der Waals surface area contributed by atoms with Crippen LogP contribution in [0.2, 0.25) is 0 Å². The molecule has 1 amide bonds. The second-order valence-corrected chi connectivity index (χ2v) is 6.34. The zero-order valence-electron chi connectivity index (χ0n) is 15.0. The minimum Gasteiger partial charge on any atom is -0.497 e. The number of hydrogen-bond acceptors (Lipinski definition) is 4. The summed E-state index contributed by atoms with van der Waals surface area (Å²) in [6.45, 7) is 2.71. The third kappa shape index (κ3) is 3.76. The van der Waals surface area contributed by atoms with Gasteiger partial charge in [0.05, 0.1) is 26.7 Å². The van der Waals surface area contributed by atoms with Gasteiger partial charge in [0.25, 0.3) is 0 Å². The van der Waals surface area contributed by atoms with Gasteiger partial charge in [-0.05, 0) is 49.6 Å². The van der Waals surface area contributed by atoms with E-state index in [-0.39, 0.29) is 11.9 Å². The lowest BCUT2D eigenvalue weighted by Gasteiger charge is -2.27. The standard InChI is InChI=1S/C20H24N2O3/c1-14-6-7-15(13-21-14)11-20(23)22-10-4-5-18(22)17-12-16(24-2)8-9-19(17)25-3/h6-9,12-13,18H,4-5,10-11H2,1-3H3. The maximum atomic E-state index is 12.9. The topological polar surface area (TPSA) is 51.7 Å². The lowest BCUT2D eigenvalue weighted by Crippen LogP contribution is -2.32. The number of nitrogens with zero attached hydrogens (tertiary/aromatic N) is 2. The average molecular weight is 340 g/mol. The molecule has 132 valence electrons. The molecule has 0 aliphatic carbocycles. The predicted molar refractivity (Wildman–Crippen MR) is 95.9 cm³/mol. The SMILES string of the molecule is COc1ccc(OC)c(C2CCCN2C(=O)Cc2ccc(C)nc2)c1. The zero-order valence-corrected chi connectivity index (χ0v) is 15.0. The zero-order chi connectivity index (χ0) is 17.8. The van der Waals surface area contributed by atoms with Crippen molar-refractivity contribution in [3.8, 4) is 11.5 Å². The number of aromatic nitrogens is 1. The predicted octanol–water partition coefficient (Wildman–Crippen LogP) is 3.31. The van der Waals surface area contributed by atoms with Crippen molar-refractivity contribution in [3.63, 3.8) is 0 Å². The Morgan fingerprint density at radius 2 is 2.08 bits per heavy atom. The molecule has 1 atom stereocenters. The molecule has 1 unspecified atom stereocenters. The fraction of sp³-hybridized carbons (Fsp3) is 0.400. The number of carbonyl (C=O) groups excluding carboxylic acids is 1. The molecular weight excluding hydrogens is 316 g/mol.